The molecule has 0 aromatic carbocycles. The van der Waals surface area contributed by atoms with Gasteiger partial charge in [0.15, 0.2) is 0 Å². The first-order chi connectivity index (χ1) is 5.99. The Bertz CT molecular complexity index is 79.4. The summed E-state index contributed by atoms with van der Waals surface area (Å²) in [5, 5.41) is 8.50. The van der Waals surface area contributed by atoms with Crippen LogP contribution in [0.5, 0.6) is 0 Å². The van der Waals surface area contributed by atoms with Gasteiger partial charge in [-0.3, -0.25) is 0 Å². The Labute approximate surface area is 82.9 Å². The van der Waals surface area contributed by atoms with Gasteiger partial charge >= 0.3 is 0 Å². The topological polar surface area (TPSA) is 49.5 Å². The molecular weight excluding hydrogens is 164 g/mol. The Morgan fingerprint density at radius 2 is 1.31 bits per heavy atom. The summed E-state index contributed by atoms with van der Waals surface area (Å²) >= 11 is 0. The fourth-order valence-electron chi connectivity index (χ4n) is 0.671. The molecule has 0 saturated carbocycles. The monoisotopic (exact) mass is 190 g/mol. The van der Waals surface area contributed by atoms with Crippen LogP contribution in [0.1, 0.15) is 34.6 Å². The minimum Gasteiger partial charge on any atom is -0.392 e. The van der Waals surface area contributed by atoms with E-state index in [1.54, 1.807) is 13.8 Å². The van der Waals surface area contributed by atoms with E-state index < -0.39 is 0 Å². The average molecular weight is 190 g/mol. The Morgan fingerprint density at radius 1 is 1.08 bits per heavy atom. The number of nitrogens with zero attached hydrogens (tertiary/aromatic N) is 1. The number of hydrogen-bond acceptors (Lipinski definition) is 3. The van der Waals surface area contributed by atoms with E-state index in [9.17, 15) is 0 Å². The summed E-state index contributed by atoms with van der Waals surface area (Å²) < 4.78 is 0. The predicted molar refractivity (Wildman–Crippen MR) is 58.8 cm³/mol. The standard InChI is InChI=1S/C6H15N.C4H11NO/c1-4-7(5-2)6-3;1-3(5)4(2)6/h4-6H2,1-3H3;3-4,6H,5H2,1-2H3. The lowest BCUT2D eigenvalue weighted by Gasteiger charge is -2.13. The highest BCUT2D eigenvalue weighted by molar-refractivity contribution is 4.57. The van der Waals surface area contributed by atoms with E-state index in [1.165, 1.54) is 19.6 Å². The molecule has 0 aliphatic heterocycles. The summed E-state index contributed by atoms with van der Waals surface area (Å²) in [6, 6.07) is -0.0926. The second kappa shape index (κ2) is 9.96. The minimum absolute atomic E-state index is 0.0926. The fraction of sp³-hybridized carbons (Fsp3) is 1.00. The lowest BCUT2D eigenvalue weighted by molar-refractivity contribution is 0.170. The number of rotatable bonds is 4. The van der Waals surface area contributed by atoms with E-state index in [4.69, 9.17) is 10.8 Å². The van der Waals surface area contributed by atoms with E-state index in [2.05, 4.69) is 25.7 Å². The third-order valence-corrected chi connectivity index (χ3v) is 2.10. The molecule has 0 rings (SSSR count). The summed E-state index contributed by atoms with van der Waals surface area (Å²) in [5.74, 6) is 0. The van der Waals surface area contributed by atoms with E-state index >= 15 is 0 Å². The maximum atomic E-state index is 8.50. The quantitative estimate of drug-likeness (QED) is 0.697. The van der Waals surface area contributed by atoms with Crippen molar-refractivity contribution >= 4 is 0 Å². The van der Waals surface area contributed by atoms with Gasteiger partial charge < -0.3 is 15.7 Å². The van der Waals surface area contributed by atoms with E-state index in [0.717, 1.165) is 0 Å². The van der Waals surface area contributed by atoms with E-state index in [-0.39, 0.29) is 12.1 Å². The molecule has 0 amide bonds. The number of hydrogen-bond donors (Lipinski definition) is 2. The smallest absolute Gasteiger partial charge is 0.0660 e. The molecule has 3 nitrogen and oxygen atoms in total. The third kappa shape index (κ3) is 11.9. The van der Waals surface area contributed by atoms with Gasteiger partial charge in [0.2, 0.25) is 0 Å². The van der Waals surface area contributed by atoms with Crippen molar-refractivity contribution in [2.24, 2.45) is 5.73 Å². The Kier molecular flexibility index (Phi) is 11.8. The number of aliphatic hydroxyl groups excluding tert-OH is 1. The molecule has 0 aromatic heterocycles. The van der Waals surface area contributed by atoms with Crippen LogP contribution in [0.15, 0.2) is 0 Å². The molecule has 82 valence electrons. The van der Waals surface area contributed by atoms with Crippen molar-refractivity contribution in [3.8, 4) is 0 Å². The van der Waals surface area contributed by atoms with Crippen LogP contribution in [0, 0.1) is 0 Å². The lowest BCUT2D eigenvalue weighted by Crippen LogP contribution is -2.28. The van der Waals surface area contributed by atoms with Crippen molar-refractivity contribution in [1.82, 2.24) is 4.90 Å². The predicted octanol–water partition coefficient (Wildman–Crippen LogP) is 1.06. The van der Waals surface area contributed by atoms with Gasteiger partial charge in [-0.1, -0.05) is 20.8 Å². The van der Waals surface area contributed by atoms with Crippen molar-refractivity contribution in [3.63, 3.8) is 0 Å². The van der Waals surface area contributed by atoms with Crippen LogP contribution < -0.4 is 5.73 Å². The molecule has 3 N–H and O–H groups in total. The SMILES string of the molecule is CC(N)C(C)O.CCN(CC)CC. The Balaban J connectivity index is 0. The van der Waals surface area contributed by atoms with Gasteiger partial charge in [-0.2, -0.15) is 0 Å². The molecule has 0 heterocycles. The highest BCUT2D eigenvalue weighted by Gasteiger charge is 1.97. The first kappa shape index (κ1) is 15.4. The molecule has 0 aliphatic carbocycles. The van der Waals surface area contributed by atoms with Crippen molar-refractivity contribution in [2.75, 3.05) is 19.6 Å². The van der Waals surface area contributed by atoms with Gasteiger partial charge in [0.05, 0.1) is 6.10 Å². The lowest BCUT2D eigenvalue weighted by atomic mass is 10.2. The number of aliphatic hydroxyl groups is 1. The second-order valence-corrected chi connectivity index (χ2v) is 3.22. The van der Waals surface area contributed by atoms with Gasteiger partial charge in [-0.05, 0) is 33.5 Å². The van der Waals surface area contributed by atoms with Gasteiger partial charge in [-0.15, -0.1) is 0 Å². The zero-order valence-corrected chi connectivity index (χ0v) is 9.75. The molecule has 3 heteroatoms. The summed E-state index contributed by atoms with van der Waals surface area (Å²) in [5.41, 5.74) is 5.19. The highest BCUT2D eigenvalue weighted by atomic mass is 16.3. The van der Waals surface area contributed by atoms with Crippen molar-refractivity contribution in [1.29, 1.82) is 0 Å². The molecule has 13 heavy (non-hydrogen) atoms. The van der Waals surface area contributed by atoms with Crippen molar-refractivity contribution < 1.29 is 5.11 Å². The van der Waals surface area contributed by atoms with Gasteiger partial charge in [0.1, 0.15) is 0 Å². The molecular formula is C10H26N2O. The van der Waals surface area contributed by atoms with Crippen molar-refractivity contribution in [3.05, 3.63) is 0 Å². The van der Waals surface area contributed by atoms with Crippen molar-refractivity contribution in [2.45, 2.75) is 46.8 Å². The molecule has 2 atom stereocenters. The van der Waals surface area contributed by atoms with Crippen LogP contribution in [-0.2, 0) is 0 Å². The molecule has 0 saturated heterocycles. The summed E-state index contributed by atoms with van der Waals surface area (Å²) in [4.78, 5) is 2.38. The Hall–Kier alpha value is -0.120. The van der Waals surface area contributed by atoms with Crippen LogP contribution in [0.3, 0.4) is 0 Å². The van der Waals surface area contributed by atoms with Crippen LogP contribution in [0.2, 0.25) is 0 Å². The van der Waals surface area contributed by atoms with Gasteiger partial charge in [0, 0.05) is 6.04 Å². The molecule has 0 bridgehead atoms. The summed E-state index contributed by atoms with van der Waals surface area (Å²) in [7, 11) is 0. The van der Waals surface area contributed by atoms with Gasteiger partial charge in [-0.25, -0.2) is 0 Å². The fourth-order valence-corrected chi connectivity index (χ4v) is 0.671. The first-order valence-electron chi connectivity index (χ1n) is 5.15. The van der Waals surface area contributed by atoms with Crippen LogP contribution in [-0.4, -0.2) is 41.8 Å². The average Bonchev–Trinajstić information content (AvgIpc) is 2.08. The first-order valence-corrected chi connectivity index (χ1v) is 5.15. The molecule has 0 aliphatic rings. The van der Waals surface area contributed by atoms with E-state index in [0.29, 0.717) is 0 Å². The summed E-state index contributed by atoms with van der Waals surface area (Å²) in [6.45, 7) is 13.6. The normalized spacial score (nSPS) is 14.8. The summed E-state index contributed by atoms with van der Waals surface area (Å²) in [6.07, 6.45) is -0.370. The van der Waals surface area contributed by atoms with Gasteiger partial charge in [0.25, 0.3) is 0 Å². The van der Waals surface area contributed by atoms with E-state index in [1.807, 2.05) is 0 Å². The zero-order chi connectivity index (χ0) is 10.9. The minimum atomic E-state index is -0.370. The maximum Gasteiger partial charge on any atom is 0.0660 e. The molecule has 0 aromatic rings. The number of nitrogens with two attached hydrogens (primary N) is 1. The maximum absolute atomic E-state index is 8.50. The molecule has 0 fully saturated rings. The largest absolute Gasteiger partial charge is 0.392 e. The van der Waals surface area contributed by atoms with Crippen LogP contribution >= 0.6 is 0 Å². The second-order valence-electron chi connectivity index (χ2n) is 3.22. The third-order valence-electron chi connectivity index (χ3n) is 2.10. The molecule has 2 unspecified atom stereocenters. The molecule has 0 spiro atoms. The molecule has 0 radical (unpaired) electrons. The zero-order valence-electron chi connectivity index (χ0n) is 9.75. The van der Waals surface area contributed by atoms with Crippen LogP contribution in [0.4, 0.5) is 0 Å². The van der Waals surface area contributed by atoms with Crippen LogP contribution in [0.25, 0.3) is 0 Å². The Morgan fingerprint density at radius 3 is 1.31 bits per heavy atom. The highest BCUT2D eigenvalue weighted by Crippen LogP contribution is 1.82.